The molecule has 120 valence electrons. The zero-order valence-corrected chi connectivity index (χ0v) is 12.5. The van der Waals surface area contributed by atoms with Gasteiger partial charge in [0.25, 0.3) is 0 Å². The van der Waals surface area contributed by atoms with Crippen LogP contribution in [0.4, 0.5) is 14.0 Å². The monoisotopic (exact) mass is 309 g/mol. The molecule has 1 aromatic rings. The first-order valence-corrected chi connectivity index (χ1v) is 7.20. The molecule has 0 unspecified atom stereocenters. The number of urea groups is 1. The Balaban J connectivity index is 1.71. The molecule has 1 N–H and O–H groups in total. The molecular formula is C15H20FN3O3. The highest BCUT2D eigenvalue weighted by atomic mass is 19.1. The van der Waals surface area contributed by atoms with Crippen molar-refractivity contribution in [3.8, 4) is 0 Å². The summed E-state index contributed by atoms with van der Waals surface area (Å²) in [7, 11) is 1.34. The topological polar surface area (TPSA) is 61.9 Å². The first-order chi connectivity index (χ1) is 10.6. The number of halogens is 1. The van der Waals surface area contributed by atoms with Crippen LogP contribution in [0.5, 0.6) is 0 Å². The fourth-order valence-corrected chi connectivity index (χ4v) is 2.34. The molecule has 1 aliphatic heterocycles. The van der Waals surface area contributed by atoms with Crippen LogP contribution in [0, 0.1) is 5.82 Å². The highest BCUT2D eigenvalue weighted by molar-refractivity contribution is 5.75. The van der Waals surface area contributed by atoms with Gasteiger partial charge in [-0.25, -0.2) is 14.0 Å². The smallest absolute Gasteiger partial charge is 0.409 e. The minimum absolute atomic E-state index is 0.166. The largest absolute Gasteiger partial charge is 0.453 e. The number of carbonyl (C=O) groups is 2. The molecule has 2 rings (SSSR count). The van der Waals surface area contributed by atoms with Crippen LogP contribution in [0.15, 0.2) is 24.3 Å². The summed E-state index contributed by atoms with van der Waals surface area (Å²) in [5.74, 6) is -0.275. The Morgan fingerprint density at radius 1 is 1.23 bits per heavy atom. The first kappa shape index (κ1) is 16.1. The Hall–Kier alpha value is -2.31. The van der Waals surface area contributed by atoms with Crippen molar-refractivity contribution >= 4 is 12.1 Å². The molecule has 0 aromatic heterocycles. The van der Waals surface area contributed by atoms with Gasteiger partial charge in [0.2, 0.25) is 0 Å². The fraction of sp³-hybridized carbons (Fsp3) is 0.467. The van der Waals surface area contributed by atoms with Gasteiger partial charge >= 0.3 is 12.1 Å². The van der Waals surface area contributed by atoms with E-state index in [0.717, 1.165) is 5.56 Å². The van der Waals surface area contributed by atoms with Crippen LogP contribution in [0.3, 0.4) is 0 Å². The molecule has 0 radical (unpaired) electrons. The van der Waals surface area contributed by atoms with E-state index in [0.29, 0.717) is 39.1 Å². The first-order valence-electron chi connectivity index (χ1n) is 7.20. The molecule has 1 saturated heterocycles. The van der Waals surface area contributed by atoms with Crippen LogP contribution in [-0.2, 0) is 11.2 Å². The van der Waals surface area contributed by atoms with E-state index >= 15 is 0 Å². The molecule has 6 nitrogen and oxygen atoms in total. The van der Waals surface area contributed by atoms with Crippen LogP contribution < -0.4 is 5.32 Å². The number of nitrogens with zero attached hydrogens (tertiary/aromatic N) is 2. The van der Waals surface area contributed by atoms with Gasteiger partial charge in [0.15, 0.2) is 0 Å². The quantitative estimate of drug-likeness (QED) is 0.919. The van der Waals surface area contributed by atoms with E-state index in [-0.39, 0.29) is 17.9 Å². The van der Waals surface area contributed by atoms with Gasteiger partial charge in [-0.2, -0.15) is 0 Å². The molecule has 7 heteroatoms. The van der Waals surface area contributed by atoms with E-state index < -0.39 is 0 Å². The minimum atomic E-state index is -0.369. The zero-order chi connectivity index (χ0) is 15.9. The lowest BCUT2D eigenvalue weighted by Gasteiger charge is -2.33. The van der Waals surface area contributed by atoms with Crippen LogP contribution in [0.1, 0.15) is 5.56 Å². The molecule has 1 fully saturated rings. The van der Waals surface area contributed by atoms with Crippen LogP contribution in [0.2, 0.25) is 0 Å². The number of piperazine rings is 1. The molecule has 1 aliphatic rings. The maximum atomic E-state index is 13.0. The number of rotatable bonds is 3. The lowest BCUT2D eigenvalue weighted by atomic mass is 10.1. The molecular weight excluding hydrogens is 289 g/mol. The summed E-state index contributed by atoms with van der Waals surface area (Å²) in [4.78, 5) is 26.6. The van der Waals surface area contributed by atoms with Crippen LogP contribution in [0.25, 0.3) is 0 Å². The van der Waals surface area contributed by atoms with Crippen molar-refractivity contribution in [1.82, 2.24) is 15.1 Å². The van der Waals surface area contributed by atoms with Crippen LogP contribution >= 0.6 is 0 Å². The molecule has 0 bridgehead atoms. The van der Waals surface area contributed by atoms with Gasteiger partial charge in [0, 0.05) is 32.7 Å². The highest BCUT2D eigenvalue weighted by Gasteiger charge is 2.24. The standard InChI is InChI=1S/C15H20FN3O3/c1-22-15(21)19-9-7-18(8-10-19)14(20)17-6-5-12-3-2-4-13(16)11-12/h2-4,11H,5-10H2,1H3,(H,17,20). The van der Waals surface area contributed by atoms with Gasteiger partial charge in [0.1, 0.15) is 5.82 Å². The van der Waals surface area contributed by atoms with Crippen molar-refractivity contribution in [2.24, 2.45) is 0 Å². The summed E-state index contributed by atoms with van der Waals surface area (Å²) in [5, 5.41) is 2.81. The van der Waals surface area contributed by atoms with Gasteiger partial charge in [-0.1, -0.05) is 12.1 Å². The van der Waals surface area contributed by atoms with E-state index in [2.05, 4.69) is 10.1 Å². The van der Waals surface area contributed by atoms with Gasteiger partial charge in [-0.15, -0.1) is 0 Å². The molecule has 1 heterocycles. The van der Waals surface area contributed by atoms with Crippen molar-refractivity contribution in [2.75, 3.05) is 39.8 Å². The number of methoxy groups -OCH3 is 1. The Morgan fingerprint density at radius 3 is 2.55 bits per heavy atom. The Bertz CT molecular complexity index is 531. The summed E-state index contributed by atoms with van der Waals surface area (Å²) in [6.07, 6.45) is 0.206. The molecule has 0 aliphatic carbocycles. The third kappa shape index (κ3) is 4.34. The van der Waals surface area contributed by atoms with Crippen molar-refractivity contribution < 1.29 is 18.7 Å². The van der Waals surface area contributed by atoms with E-state index in [9.17, 15) is 14.0 Å². The SMILES string of the molecule is COC(=O)N1CCN(C(=O)NCCc2cccc(F)c2)CC1. The minimum Gasteiger partial charge on any atom is -0.453 e. The third-order valence-corrected chi connectivity index (χ3v) is 3.58. The van der Waals surface area contributed by atoms with Gasteiger partial charge in [-0.05, 0) is 24.1 Å². The fourth-order valence-electron chi connectivity index (χ4n) is 2.34. The second kappa shape index (κ2) is 7.63. The Morgan fingerprint density at radius 2 is 1.91 bits per heavy atom. The highest BCUT2D eigenvalue weighted by Crippen LogP contribution is 2.05. The number of ether oxygens (including phenoxy) is 1. The zero-order valence-electron chi connectivity index (χ0n) is 12.5. The second-order valence-electron chi connectivity index (χ2n) is 5.06. The predicted octanol–water partition coefficient (Wildman–Crippen LogP) is 1.46. The average Bonchev–Trinajstić information content (AvgIpc) is 2.54. The van der Waals surface area contributed by atoms with Crippen LogP contribution in [-0.4, -0.2) is 61.8 Å². The number of amides is 3. The molecule has 0 atom stereocenters. The van der Waals surface area contributed by atoms with Crippen molar-refractivity contribution in [1.29, 1.82) is 0 Å². The molecule has 22 heavy (non-hydrogen) atoms. The van der Waals surface area contributed by atoms with E-state index in [1.54, 1.807) is 15.9 Å². The summed E-state index contributed by atoms with van der Waals surface area (Å²) in [6.45, 7) is 2.31. The summed E-state index contributed by atoms with van der Waals surface area (Å²) < 4.78 is 17.7. The summed E-state index contributed by atoms with van der Waals surface area (Å²) >= 11 is 0. The van der Waals surface area contributed by atoms with Crippen molar-refractivity contribution in [2.45, 2.75) is 6.42 Å². The number of carbonyl (C=O) groups excluding carboxylic acids is 2. The molecule has 0 spiro atoms. The van der Waals surface area contributed by atoms with E-state index in [4.69, 9.17) is 0 Å². The maximum absolute atomic E-state index is 13.0. The van der Waals surface area contributed by atoms with Crippen molar-refractivity contribution in [3.63, 3.8) is 0 Å². The number of benzene rings is 1. The summed E-state index contributed by atoms with van der Waals surface area (Å²) in [6, 6.07) is 6.16. The normalized spacial score (nSPS) is 14.6. The number of hydrogen-bond acceptors (Lipinski definition) is 3. The van der Waals surface area contributed by atoms with E-state index in [1.165, 1.54) is 19.2 Å². The maximum Gasteiger partial charge on any atom is 0.409 e. The van der Waals surface area contributed by atoms with Gasteiger partial charge < -0.3 is 19.9 Å². The van der Waals surface area contributed by atoms with E-state index in [1.807, 2.05) is 6.07 Å². The Labute approximate surface area is 128 Å². The molecule has 0 saturated carbocycles. The molecule has 1 aromatic carbocycles. The average molecular weight is 309 g/mol. The van der Waals surface area contributed by atoms with Crippen molar-refractivity contribution in [3.05, 3.63) is 35.6 Å². The van der Waals surface area contributed by atoms with Gasteiger partial charge in [-0.3, -0.25) is 0 Å². The predicted molar refractivity (Wildman–Crippen MR) is 79.1 cm³/mol. The second-order valence-corrected chi connectivity index (χ2v) is 5.06. The number of hydrogen-bond donors (Lipinski definition) is 1. The van der Waals surface area contributed by atoms with Gasteiger partial charge in [0.05, 0.1) is 7.11 Å². The Kier molecular flexibility index (Phi) is 5.57. The third-order valence-electron chi connectivity index (χ3n) is 3.58. The molecule has 3 amide bonds. The lowest BCUT2D eigenvalue weighted by Crippen LogP contribution is -2.53. The lowest BCUT2D eigenvalue weighted by molar-refractivity contribution is 0.0971. The number of nitrogens with one attached hydrogen (secondary N) is 1. The summed E-state index contributed by atoms with van der Waals surface area (Å²) in [5.41, 5.74) is 0.843.